The Hall–Kier alpha value is -4.63. The summed E-state index contributed by atoms with van der Waals surface area (Å²) in [6.45, 7) is 4.62. The van der Waals surface area contributed by atoms with Crippen molar-refractivity contribution in [1.82, 2.24) is 34.4 Å². The van der Waals surface area contributed by atoms with Crippen LogP contribution in [0.3, 0.4) is 0 Å². The monoisotopic (exact) mass is 518 g/mol. The van der Waals surface area contributed by atoms with E-state index >= 15 is 0 Å². The van der Waals surface area contributed by atoms with Crippen molar-refractivity contribution in [3.63, 3.8) is 0 Å². The van der Waals surface area contributed by atoms with Gasteiger partial charge >= 0.3 is 0 Å². The molecule has 1 saturated heterocycles. The summed E-state index contributed by atoms with van der Waals surface area (Å²) in [6, 6.07) is 18.6. The first-order valence-corrected chi connectivity index (χ1v) is 13.2. The van der Waals surface area contributed by atoms with Crippen molar-refractivity contribution in [2.75, 3.05) is 25.4 Å². The normalized spacial score (nSPS) is 13.6. The van der Waals surface area contributed by atoms with Crippen LogP contribution in [0, 0.1) is 0 Å². The van der Waals surface area contributed by atoms with Gasteiger partial charge in [-0.3, -0.25) is 9.48 Å². The van der Waals surface area contributed by atoms with Crippen LogP contribution in [-0.2, 0) is 13.1 Å². The number of nitrogens with zero attached hydrogens (tertiary/aromatic N) is 7. The van der Waals surface area contributed by atoms with Gasteiger partial charge < -0.3 is 10.6 Å². The van der Waals surface area contributed by atoms with Gasteiger partial charge in [-0.2, -0.15) is 10.2 Å². The number of hydrogen-bond donors (Lipinski definition) is 1. The Morgan fingerprint density at radius 1 is 0.795 bits per heavy atom. The lowest BCUT2D eigenvalue weighted by Crippen LogP contribution is -2.24. The van der Waals surface area contributed by atoms with E-state index in [2.05, 4.69) is 31.3 Å². The zero-order chi connectivity index (χ0) is 26.6. The lowest BCUT2D eigenvalue weighted by Gasteiger charge is -2.13. The number of nitrogen functional groups attached to an aromatic ring is 1. The smallest absolute Gasteiger partial charge is 0.267 e. The Morgan fingerprint density at radius 2 is 1.59 bits per heavy atom. The zero-order valence-corrected chi connectivity index (χ0v) is 21.6. The van der Waals surface area contributed by atoms with Crippen molar-refractivity contribution in [2.45, 2.75) is 25.9 Å². The zero-order valence-electron chi connectivity index (χ0n) is 21.6. The second-order valence-electron chi connectivity index (χ2n) is 9.87. The van der Waals surface area contributed by atoms with Gasteiger partial charge in [0.15, 0.2) is 5.82 Å². The molecule has 6 rings (SSSR count). The van der Waals surface area contributed by atoms with E-state index in [4.69, 9.17) is 5.73 Å². The lowest BCUT2D eigenvalue weighted by molar-refractivity contribution is 0.316. The van der Waals surface area contributed by atoms with Crippen LogP contribution in [0.25, 0.3) is 33.8 Å². The van der Waals surface area contributed by atoms with E-state index in [0.29, 0.717) is 23.8 Å². The fourth-order valence-electron chi connectivity index (χ4n) is 4.86. The molecule has 196 valence electrons. The van der Waals surface area contributed by atoms with Crippen LogP contribution in [0.2, 0.25) is 0 Å². The molecule has 0 spiro atoms. The number of hydrogen-bond acceptors (Lipinski definition) is 7. The van der Waals surface area contributed by atoms with Crippen molar-refractivity contribution in [3.8, 4) is 33.8 Å². The molecule has 39 heavy (non-hydrogen) atoms. The molecule has 3 aromatic heterocycles. The third kappa shape index (κ3) is 5.78. The predicted molar refractivity (Wildman–Crippen MR) is 152 cm³/mol. The molecule has 0 bridgehead atoms. The van der Waals surface area contributed by atoms with E-state index in [9.17, 15) is 4.79 Å². The van der Waals surface area contributed by atoms with Crippen LogP contribution >= 0.6 is 0 Å². The Morgan fingerprint density at radius 3 is 2.38 bits per heavy atom. The first kappa shape index (κ1) is 24.7. The molecule has 4 heterocycles. The molecule has 2 aromatic carbocycles. The van der Waals surface area contributed by atoms with Gasteiger partial charge in [0.1, 0.15) is 0 Å². The fourth-order valence-corrected chi connectivity index (χ4v) is 4.86. The number of nitrogens with two attached hydrogens (primary N) is 1. The van der Waals surface area contributed by atoms with Gasteiger partial charge in [-0.1, -0.05) is 30.3 Å². The van der Waals surface area contributed by atoms with Crippen molar-refractivity contribution >= 4 is 5.69 Å². The van der Waals surface area contributed by atoms with Crippen LogP contribution < -0.4 is 11.3 Å². The van der Waals surface area contributed by atoms with Crippen LogP contribution in [0.5, 0.6) is 0 Å². The molecule has 9 heteroatoms. The minimum atomic E-state index is -0.166. The van der Waals surface area contributed by atoms with Crippen molar-refractivity contribution in [1.29, 1.82) is 0 Å². The molecular weight excluding hydrogens is 488 g/mol. The second-order valence-corrected chi connectivity index (χ2v) is 9.87. The molecule has 1 aliphatic rings. The van der Waals surface area contributed by atoms with Crippen LogP contribution in [-0.4, -0.2) is 54.1 Å². The standard InChI is InChI=1S/C30H30N8O/c31-27-8-6-23(7-9-27)28-10-11-29(39)38(35-28)20-22-4-3-5-24(16-22)30-32-17-25(18-33-30)26-19-34-37(21-26)15-14-36-12-1-2-13-36/h3-11,16-19,21H,1-2,12-15,20,31H2. The summed E-state index contributed by atoms with van der Waals surface area (Å²) >= 11 is 0. The van der Waals surface area contributed by atoms with Gasteiger partial charge in [0.2, 0.25) is 0 Å². The van der Waals surface area contributed by atoms with Gasteiger partial charge in [0.25, 0.3) is 5.56 Å². The van der Waals surface area contributed by atoms with E-state index in [1.807, 2.05) is 71.8 Å². The molecule has 0 atom stereocenters. The van der Waals surface area contributed by atoms with Crippen LogP contribution in [0.1, 0.15) is 18.4 Å². The summed E-state index contributed by atoms with van der Waals surface area (Å²) in [5.41, 5.74) is 11.7. The quantitative estimate of drug-likeness (QED) is 0.310. The molecule has 0 unspecified atom stereocenters. The highest BCUT2D eigenvalue weighted by Crippen LogP contribution is 2.22. The van der Waals surface area contributed by atoms with Gasteiger partial charge in [-0.15, -0.1) is 0 Å². The second kappa shape index (κ2) is 11.0. The van der Waals surface area contributed by atoms with E-state index in [1.54, 1.807) is 12.1 Å². The van der Waals surface area contributed by atoms with E-state index in [1.165, 1.54) is 30.6 Å². The maximum Gasteiger partial charge on any atom is 0.267 e. The van der Waals surface area contributed by atoms with E-state index in [0.717, 1.165) is 40.9 Å². The SMILES string of the molecule is Nc1ccc(-c2ccc(=O)n(Cc3cccc(-c4ncc(-c5cnn(CCN6CCCC6)c5)cn4)c3)n2)cc1. The fraction of sp³-hybridized carbons (Fsp3) is 0.233. The van der Waals surface area contributed by atoms with Gasteiger partial charge in [0.05, 0.1) is 25.0 Å². The molecular formula is C30H30N8O. The van der Waals surface area contributed by atoms with Crippen LogP contribution in [0.15, 0.2) is 90.2 Å². The van der Waals surface area contributed by atoms with Gasteiger partial charge in [-0.25, -0.2) is 14.6 Å². The molecule has 0 radical (unpaired) electrons. The van der Waals surface area contributed by atoms with Gasteiger partial charge in [0, 0.05) is 59.1 Å². The Labute approximate surface area is 226 Å². The summed E-state index contributed by atoms with van der Waals surface area (Å²) < 4.78 is 3.46. The highest BCUT2D eigenvalue weighted by Gasteiger charge is 2.12. The minimum Gasteiger partial charge on any atom is -0.399 e. The summed E-state index contributed by atoms with van der Waals surface area (Å²) in [5.74, 6) is 0.623. The number of benzene rings is 2. The first-order valence-electron chi connectivity index (χ1n) is 13.2. The highest BCUT2D eigenvalue weighted by molar-refractivity contribution is 5.63. The highest BCUT2D eigenvalue weighted by atomic mass is 16.1. The largest absolute Gasteiger partial charge is 0.399 e. The van der Waals surface area contributed by atoms with Crippen molar-refractivity contribution < 1.29 is 0 Å². The predicted octanol–water partition coefficient (Wildman–Crippen LogP) is 3.96. The van der Waals surface area contributed by atoms with E-state index in [-0.39, 0.29) is 5.56 Å². The summed E-state index contributed by atoms with van der Waals surface area (Å²) in [4.78, 5) is 24.3. The average molecular weight is 519 g/mol. The Bertz CT molecular complexity index is 1620. The summed E-state index contributed by atoms with van der Waals surface area (Å²) in [6.07, 6.45) is 10.2. The summed E-state index contributed by atoms with van der Waals surface area (Å²) in [7, 11) is 0. The maximum atomic E-state index is 12.5. The van der Waals surface area contributed by atoms with Gasteiger partial charge in [-0.05, 0) is 55.8 Å². The first-order chi connectivity index (χ1) is 19.1. The molecule has 0 amide bonds. The molecule has 0 saturated carbocycles. The minimum absolute atomic E-state index is 0.166. The number of rotatable bonds is 8. The molecule has 1 fully saturated rings. The topological polar surface area (TPSA) is 108 Å². The third-order valence-electron chi connectivity index (χ3n) is 7.05. The van der Waals surface area contributed by atoms with E-state index < -0.39 is 0 Å². The summed E-state index contributed by atoms with van der Waals surface area (Å²) in [5, 5.41) is 9.09. The maximum absolute atomic E-state index is 12.5. The molecule has 5 aromatic rings. The number of aromatic nitrogens is 6. The average Bonchev–Trinajstić information content (AvgIpc) is 3.67. The molecule has 9 nitrogen and oxygen atoms in total. The lowest BCUT2D eigenvalue weighted by atomic mass is 10.1. The molecule has 0 aliphatic carbocycles. The van der Waals surface area contributed by atoms with Crippen LogP contribution in [0.4, 0.5) is 5.69 Å². The number of anilines is 1. The number of likely N-dealkylation sites (tertiary alicyclic amines) is 1. The van der Waals surface area contributed by atoms with Crippen molar-refractivity contribution in [2.24, 2.45) is 0 Å². The molecule has 2 N–H and O–H groups in total. The van der Waals surface area contributed by atoms with Crippen molar-refractivity contribution in [3.05, 3.63) is 101 Å². The Kier molecular flexibility index (Phi) is 6.97. The molecule has 1 aliphatic heterocycles. The Balaban J connectivity index is 1.16. The third-order valence-corrected chi connectivity index (χ3v) is 7.05.